The summed E-state index contributed by atoms with van der Waals surface area (Å²) in [7, 11) is 3.47. The third-order valence-electron chi connectivity index (χ3n) is 5.45. The lowest BCUT2D eigenvalue weighted by Gasteiger charge is -2.18. The summed E-state index contributed by atoms with van der Waals surface area (Å²) in [4.78, 5) is 10.9. The molecule has 7 heteroatoms. The average molecular weight is 369 g/mol. The van der Waals surface area contributed by atoms with E-state index >= 15 is 0 Å². The van der Waals surface area contributed by atoms with Gasteiger partial charge in [0.15, 0.2) is 11.5 Å². The van der Waals surface area contributed by atoms with Crippen molar-refractivity contribution in [2.24, 2.45) is 11.8 Å². The Morgan fingerprint density at radius 3 is 2.81 bits per heavy atom. The molecule has 1 aliphatic carbocycles. The number of rotatable bonds is 8. The molecule has 0 amide bonds. The summed E-state index contributed by atoms with van der Waals surface area (Å²) in [6.07, 6.45) is 4.18. The number of hydrogen-bond donors (Lipinski definition) is 2. The van der Waals surface area contributed by atoms with Crippen molar-refractivity contribution in [2.45, 2.75) is 12.8 Å². The monoisotopic (exact) mass is 369 g/mol. The van der Waals surface area contributed by atoms with E-state index in [4.69, 9.17) is 15.2 Å². The highest BCUT2D eigenvalue weighted by atomic mass is 16.5. The lowest BCUT2D eigenvalue weighted by molar-refractivity contribution is 0.243. The van der Waals surface area contributed by atoms with Crippen molar-refractivity contribution >= 4 is 11.8 Å². The zero-order valence-corrected chi connectivity index (χ0v) is 15.9. The zero-order chi connectivity index (χ0) is 18.8. The van der Waals surface area contributed by atoms with Crippen molar-refractivity contribution in [1.82, 2.24) is 14.9 Å². The molecule has 0 radical (unpaired) electrons. The Kier molecular flexibility index (Phi) is 5.03. The van der Waals surface area contributed by atoms with Crippen molar-refractivity contribution in [1.29, 1.82) is 0 Å². The van der Waals surface area contributed by atoms with Gasteiger partial charge in [-0.15, -0.1) is 0 Å². The molecule has 4 rings (SSSR count). The average Bonchev–Trinajstić information content (AvgIpc) is 3.30. The fourth-order valence-corrected chi connectivity index (χ4v) is 3.90. The number of fused-ring (bicyclic) bond motifs is 1. The van der Waals surface area contributed by atoms with E-state index in [1.165, 1.54) is 19.5 Å². The molecule has 2 aliphatic rings. The van der Waals surface area contributed by atoms with E-state index in [0.717, 1.165) is 47.4 Å². The molecule has 27 heavy (non-hydrogen) atoms. The minimum absolute atomic E-state index is 0.243. The largest absolute Gasteiger partial charge is 0.493 e. The number of piperidine rings is 1. The van der Waals surface area contributed by atoms with Gasteiger partial charge in [-0.1, -0.05) is 6.07 Å². The number of benzene rings is 1. The Balaban J connectivity index is 1.42. The van der Waals surface area contributed by atoms with Crippen LogP contribution in [0.5, 0.6) is 11.5 Å². The van der Waals surface area contributed by atoms with Crippen molar-refractivity contribution in [3.8, 4) is 22.6 Å². The third kappa shape index (κ3) is 3.93. The molecule has 2 atom stereocenters. The van der Waals surface area contributed by atoms with E-state index in [1.54, 1.807) is 13.3 Å². The van der Waals surface area contributed by atoms with Crippen LogP contribution >= 0.6 is 0 Å². The molecule has 1 aliphatic heterocycles. The van der Waals surface area contributed by atoms with Crippen LogP contribution in [0, 0.1) is 11.8 Å². The minimum Gasteiger partial charge on any atom is -0.493 e. The van der Waals surface area contributed by atoms with E-state index in [-0.39, 0.29) is 5.95 Å². The van der Waals surface area contributed by atoms with Gasteiger partial charge in [0.1, 0.15) is 5.82 Å². The fourth-order valence-electron chi connectivity index (χ4n) is 3.90. The molecular weight excluding hydrogens is 342 g/mol. The topological polar surface area (TPSA) is 85.5 Å². The van der Waals surface area contributed by atoms with Gasteiger partial charge in [-0.05, 0) is 42.4 Å². The van der Waals surface area contributed by atoms with Crippen molar-refractivity contribution in [3.05, 3.63) is 24.4 Å². The van der Waals surface area contributed by atoms with Gasteiger partial charge >= 0.3 is 0 Å². The van der Waals surface area contributed by atoms with Crippen LogP contribution in [-0.4, -0.2) is 55.3 Å². The predicted molar refractivity (Wildman–Crippen MR) is 106 cm³/mol. The minimum atomic E-state index is 0.243. The van der Waals surface area contributed by atoms with E-state index in [1.807, 2.05) is 25.2 Å². The fraction of sp³-hybridized carbons (Fsp3) is 0.500. The maximum atomic E-state index is 6.05. The number of nitrogen functional groups attached to an aromatic ring is 1. The zero-order valence-electron chi connectivity index (χ0n) is 15.9. The number of methoxy groups -OCH3 is 1. The van der Waals surface area contributed by atoms with Crippen LogP contribution in [-0.2, 0) is 0 Å². The van der Waals surface area contributed by atoms with E-state index in [2.05, 4.69) is 20.2 Å². The van der Waals surface area contributed by atoms with Crippen molar-refractivity contribution in [2.75, 3.05) is 51.4 Å². The first-order chi connectivity index (χ1) is 13.2. The molecule has 1 aromatic carbocycles. The molecule has 0 bridgehead atoms. The summed E-state index contributed by atoms with van der Waals surface area (Å²) < 4.78 is 11.5. The number of nitrogens with one attached hydrogen (secondary N) is 1. The number of nitrogens with two attached hydrogens (primary N) is 1. The van der Waals surface area contributed by atoms with E-state index in [9.17, 15) is 0 Å². The Bertz CT molecular complexity index is 803. The summed E-state index contributed by atoms with van der Waals surface area (Å²) in [5.74, 6) is 4.35. The lowest BCUT2D eigenvalue weighted by atomic mass is 10.1. The number of ether oxygens (including phenoxy) is 2. The predicted octanol–water partition coefficient (Wildman–Crippen LogP) is 2.50. The number of anilines is 2. The van der Waals surface area contributed by atoms with Crippen LogP contribution in [0.1, 0.15) is 12.8 Å². The highest BCUT2D eigenvalue weighted by Crippen LogP contribution is 2.44. The first kappa shape index (κ1) is 17.9. The first-order valence-electron chi connectivity index (χ1n) is 9.51. The standard InChI is InChI=1S/C20H27N5O2/c1-22-19-16(10-23-20(21)24-19)13-4-5-17(26-2)18(9-13)27-7-3-6-25-11-14-8-15(14)12-25/h4-5,9-10,14-15H,3,6-8,11-12H2,1-2H3,(H3,21,22,23,24). The number of nitrogens with zero attached hydrogens (tertiary/aromatic N) is 3. The van der Waals surface area contributed by atoms with Crippen LogP contribution in [0.2, 0.25) is 0 Å². The first-order valence-corrected chi connectivity index (χ1v) is 9.51. The number of likely N-dealkylation sites (tertiary alicyclic amines) is 1. The second kappa shape index (κ2) is 7.60. The molecule has 2 heterocycles. The van der Waals surface area contributed by atoms with Gasteiger partial charge in [-0.2, -0.15) is 4.98 Å². The van der Waals surface area contributed by atoms with Crippen LogP contribution in [0.25, 0.3) is 11.1 Å². The summed E-state index contributed by atoms with van der Waals surface area (Å²) in [6.45, 7) is 4.31. The van der Waals surface area contributed by atoms with Crippen molar-refractivity contribution < 1.29 is 9.47 Å². The van der Waals surface area contributed by atoms with Gasteiger partial charge in [0.2, 0.25) is 5.95 Å². The molecule has 1 aromatic heterocycles. The molecule has 7 nitrogen and oxygen atoms in total. The summed E-state index contributed by atoms with van der Waals surface area (Å²) in [5, 5.41) is 3.06. The Morgan fingerprint density at radius 2 is 2.07 bits per heavy atom. The molecule has 2 fully saturated rings. The molecule has 0 spiro atoms. The highest BCUT2D eigenvalue weighted by molar-refractivity contribution is 5.76. The van der Waals surface area contributed by atoms with Gasteiger partial charge in [0.25, 0.3) is 0 Å². The normalized spacial score (nSPS) is 21.0. The molecule has 2 aromatic rings. The van der Waals surface area contributed by atoms with Crippen LogP contribution in [0.15, 0.2) is 24.4 Å². The number of aromatic nitrogens is 2. The highest BCUT2D eigenvalue weighted by Gasteiger charge is 2.44. The van der Waals surface area contributed by atoms with Crippen LogP contribution in [0.3, 0.4) is 0 Å². The second-order valence-electron chi connectivity index (χ2n) is 7.32. The second-order valence-corrected chi connectivity index (χ2v) is 7.32. The maximum Gasteiger partial charge on any atom is 0.221 e. The van der Waals surface area contributed by atoms with Gasteiger partial charge in [0, 0.05) is 38.4 Å². The molecule has 1 saturated carbocycles. The summed E-state index contributed by atoms with van der Waals surface area (Å²) in [5.41, 5.74) is 7.51. The Morgan fingerprint density at radius 1 is 1.26 bits per heavy atom. The molecule has 2 unspecified atom stereocenters. The van der Waals surface area contributed by atoms with Gasteiger partial charge in [-0.3, -0.25) is 0 Å². The maximum absolute atomic E-state index is 6.05. The Hall–Kier alpha value is -2.54. The van der Waals surface area contributed by atoms with Gasteiger partial charge in [-0.25, -0.2) is 4.98 Å². The summed E-state index contributed by atoms with van der Waals surface area (Å²) in [6, 6.07) is 5.85. The quantitative estimate of drug-likeness (QED) is 0.692. The third-order valence-corrected chi connectivity index (χ3v) is 5.45. The molecular formula is C20H27N5O2. The molecule has 1 saturated heterocycles. The van der Waals surface area contributed by atoms with E-state index in [0.29, 0.717) is 12.4 Å². The number of hydrogen-bond acceptors (Lipinski definition) is 7. The molecule has 144 valence electrons. The Labute approximate surface area is 159 Å². The summed E-state index contributed by atoms with van der Waals surface area (Å²) >= 11 is 0. The van der Waals surface area contributed by atoms with Gasteiger partial charge < -0.3 is 25.4 Å². The molecule has 3 N–H and O–H groups in total. The SMILES string of the molecule is CNc1nc(N)ncc1-c1ccc(OC)c(OCCCN2CC3CC3C2)c1. The van der Waals surface area contributed by atoms with Crippen LogP contribution < -0.4 is 20.5 Å². The van der Waals surface area contributed by atoms with Crippen LogP contribution in [0.4, 0.5) is 11.8 Å². The smallest absolute Gasteiger partial charge is 0.221 e. The van der Waals surface area contributed by atoms with Crippen molar-refractivity contribution in [3.63, 3.8) is 0 Å². The van der Waals surface area contributed by atoms with Gasteiger partial charge in [0.05, 0.1) is 13.7 Å². The van der Waals surface area contributed by atoms with E-state index < -0.39 is 0 Å². The lowest BCUT2D eigenvalue weighted by Crippen LogP contribution is -2.25.